The zero-order valence-electron chi connectivity index (χ0n) is 23.8. The van der Waals surface area contributed by atoms with Crippen LogP contribution >= 0.6 is 0 Å². The number of rotatable bonds is 8. The highest BCUT2D eigenvalue weighted by Crippen LogP contribution is 2.36. The summed E-state index contributed by atoms with van der Waals surface area (Å²) < 4.78 is 15.3. The fourth-order valence-electron chi connectivity index (χ4n) is 6.15. The second-order valence-electron chi connectivity index (χ2n) is 11.0. The topological polar surface area (TPSA) is 58.1 Å². The molecule has 1 N–H and O–H groups in total. The third-order valence-electron chi connectivity index (χ3n) is 8.38. The number of carbonyl (C=O) groups excluding carboxylic acids is 1. The zero-order chi connectivity index (χ0) is 28.9. The lowest BCUT2D eigenvalue weighted by Gasteiger charge is -2.34. The molecule has 1 aliphatic rings. The molecule has 3 aromatic carbocycles. The second-order valence-corrected chi connectivity index (χ2v) is 11.0. The number of fused-ring (bicyclic) bond motifs is 1. The van der Waals surface area contributed by atoms with Crippen molar-refractivity contribution in [1.82, 2.24) is 15.3 Å². The molecule has 2 aromatic heterocycles. The number of hydrogen-bond donors (Lipinski definition) is 1. The third-order valence-corrected chi connectivity index (χ3v) is 8.38. The summed E-state index contributed by atoms with van der Waals surface area (Å²) in [5.41, 5.74) is 5.39. The molecule has 3 heterocycles. The van der Waals surface area contributed by atoms with Crippen LogP contribution < -0.4 is 10.2 Å². The van der Waals surface area contributed by atoms with Crippen LogP contribution in [0.3, 0.4) is 0 Å². The van der Waals surface area contributed by atoms with E-state index in [1.165, 1.54) is 6.07 Å². The first-order chi connectivity index (χ1) is 20.6. The number of nitrogens with one attached hydrogen (secondary N) is 1. The molecule has 0 radical (unpaired) electrons. The van der Waals surface area contributed by atoms with E-state index < -0.39 is 5.82 Å². The molecule has 1 amide bonds. The Kier molecular flexibility index (Phi) is 8.22. The molecular weight excluding hydrogens is 523 g/mol. The van der Waals surface area contributed by atoms with Gasteiger partial charge in [-0.15, -0.1) is 0 Å². The first kappa shape index (κ1) is 27.6. The summed E-state index contributed by atoms with van der Waals surface area (Å²) in [6.45, 7) is 3.90. The van der Waals surface area contributed by atoms with Gasteiger partial charge in [-0.1, -0.05) is 79.7 Å². The van der Waals surface area contributed by atoms with Gasteiger partial charge in [0.1, 0.15) is 11.3 Å². The number of amides is 1. The summed E-state index contributed by atoms with van der Waals surface area (Å²) in [5.74, 6) is -0.260. The highest BCUT2D eigenvalue weighted by molar-refractivity contribution is 6.09. The standard InChI is InChI=1S/C36H35FN4O/c1-2-32(26-11-5-3-6-12-26)39-36(42)33-29-16-9-17-31(37)35(29)40-34(27-13-7-4-8-14-27)30(33)23-25-18-21-41(22-19-25)28-15-10-20-38-24-28/h3-17,20,24-25,32H,2,18-19,21-23H2,1H3,(H,39,42)/t32-/m0/s1. The van der Waals surface area contributed by atoms with Crippen LogP contribution in [0.15, 0.2) is 103 Å². The lowest BCUT2D eigenvalue weighted by Crippen LogP contribution is -2.35. The van der Waals surface area contributed by atoms with Crippen LogP contribution in [0.5, 0.6) is 0 Å². The predicted octanol–water partition coefficient (Wildman–Crippen LogP) is 7.78. The lowest BCUT2D eigenvalue weighted by atomic mass is 9.85. The van der Waals surface area contributed by atoms with Crippen molar-refractivity contribution in [2.75, 3.05) is 18.0 Å². The van der Waals surface area contributed by atoms with Crippen molar-refractivity contribution in [3.05, 3.63) is 126 Å². The smallest absolute Gasteiger partial charge is 0.252 e. The van der Waals surface area contributed by atoms with Gasteiger partial charge in [-0.3, -0.25) is 9.78 Å². The average Bonchev–Trinajstić information content (AvgIpc) is 3.05. The molecule has 5 aromatic rings. The summed E-state index contributed by atoms with van der Waals surface area (Å²) in [5, 5.41) is 3.85. The van der Waals surface area contributed by atoms with Gasteiger partial charge in [-0.25, -0.2) is 9.37 Å². The predicted molar refractivity (Wildman–Crippen MR) is 167 cm³/mol. The van der Waals surface area contributed by atoms with Gasteiger partial charge in [0.25, 0.3) is 5.91 Å². The number of benzene rings is 3. The van der Waals surface area contributed by atoms with Gasteiger partial charge in [0.2, 0.25) is 0 Å². The minimum Gasteiger partial charge on any atom is -0.370 e. The number of hydrogen-bond acceptors (Lipinski definition) is 4. The zero-order valence-corrected chi connectivity index (χ0v) is 23.8. The van der Waals surface area contributed by atoms with Crippen LogP contribution in [-0.4, -0.2) is 29.0 Å². The van der Waals surface area contributed by atoms with Crippen LogP contribution in [-0.2, 0) is 6.42 Å². The molecular formula is C36H35FN4O. The maximum absolute atomic E-state index is 15.3. The molecule has 0 unspecified atom stereocenters. The van der Waals surface area contributed by atoms with Crippen molar-refractivity contribution >= 4 is 22.5 Å². The van der Waals surface area contributed by atoms with Gasteiger partial charge in [-0.05, 0) is 60.9 Å². The summed E-state index contributed by atoms with van der Waals surface area (Å²) in [4.78, 5) is 25.9. The van der Waals surface area contributed by atoms with Crippen molar-refractivity contribution in [3.8, 4) is 11.3 Å². The number of aromatic nitrogens is 2. The minimum absolute atomic E-state index is 0.161. The Bertz CT molecular complexity index is 1650. The second kappa shape index (κ2) is 12.5. The molecule has 1 atom stereocenters. The molecule has 1 aliphatic heterocycles. The third kappa shape index (κ3) is 5.75. The van der Waals surface area contributed by atoms with Crippen LogP contribution in [0.2, 0.25) is 0 Å². The van der Waals surface area contributed by atoms with Crippen molar-refractivity contribution in [2.24, 2.45) is 5.92 Å². The average molecular weight is 559 g/mol. The summed E-state index contributed by atoms with van der Waals surface area (Å²) in [7, 11) is 0. The van der Waals surface area contributed by atoms with Crippen molar-refractivity contribution in [3.63, 3.8) is 0 Å². The van der Waals surface area contributed by atoms with Gasteiger partial charge in [-0.2, -0.15) is 0 Å². The number of pyridine rings is 2. The number of piperidine rings is 1. The van der Waals surface area contributed by atoms with E-state index in [0.717, 1.165) is 54.7 Å². The normalized spacial score (nSPS) is 14.6. The van der Waals surface area contributed by atoms with E-state index in [9.17, 15) is 4.79 Å². The Morgan fingerprint density at radius 2 is 1.69 bits per heavy atom. The van der Waals surface area contributed by atoms with E-state index >= 15 is 4.39 Å². The van der Waals surface area contributed by atoms with Crippen LogP contribution in [0, 0.1) is 11.7 Å². The van der Waals surface area contributed by atoms with Crippen molar-refractivity contribution in [2.45, 2.75) is 38.6 Å². The molecule has 5 nitrogen and oxygen atoms in total. The van der Waals surface area contributed by atoms with E-state index in [0.29, 0.717) is 29.0 Å². The van der Waals surface area contributed by atoms with Gasteiger partial charge in [0, 0.05) is 30.2 Å². The molecule has 212 valence electrons. The minimum atomic E-state index is -0.426. The molecule has 6 heteroatoms. The molecule has 0 aliphatic carbocycles. The Morgan fingerprint density at radius 1 is 0.952 bits per heavy atom. The molecule has 0 spiro atoms. The highest BCUT2D eigenvalue weighted by atomic mass is 19.1. The molecule has 0 bridgehead atoms. The van der Waals surface area contributed by atoms with E-state index in [2.05, 4.69) is 28.2 Å². The van der Waals surface area contributed by atoms with Crippen LogP contribution in [0.25, 0.3) is 22.2 Å². The summed E-state index contributed by atoms with van der Waals surface area (Å²) >= 11 is 0. The monoisotopic (exact) mass is 558 g/mol. The number of halogens is 1. The quantitative estimate of drug-likeness (QED) is 0.211. The summed E-state index contributed by atoms with van der Waals surface area (Å²) in [6.07, 6.45) is 7.09. The number of para-hydroxylation sites is 1. The Labute approximate surface area is 246 Å². The number of carbonyl (C=O) groups is 1. The largest absolute Gasteiger partial charge is 0.370 e. The fraction of sp³-hybridized carbons (Fsp3) is 0.250. The molecule has 6 rings (SSSR count). The number of anilines is 1. The van der Waals surface area contributed by atoms with Gasteiger partial charge >= 0.3 is 0 Å². The number of nitrogens with zero attached hydrogens (tertiary/aromatic N) is 3. The fourth-order valence-corrected chi connectivity index (χ4v) is 6.15. The maximum Gasteiger partial charge on any atom is 0.252 e. The summed E-state index contributed by atoms with van der Waals surface area (Å²) in [6, 6.07) is 28.7. The maximum atomic E-state index is 15.3. The molecule has 0 saturated carbocycles. The van der Waals surface area contributed by atoms with Crippen molar-refractivity contribution in [1.29, 1.82) is 0 Å². The molecule has 1 saturated heterocycles. The van der Waals surface area contributed by atoms with E-state index in [1.54, 1.807) is 12.3 Å². The first-order valence-corrected chi connectivity index (χ1v) is 14.8. The van der Waals surface area contributed by atoms with Gasteiger partial charge < -0.3 is 10.2 Å². The van der Waals surface area contributed by atoms with E-state index in [1.807, 2.05) is 79.0 Å². The lowest BCUT2D eigenvalue weighted by molar-refractivity contribution is 0.0936. The molecule has 1 fully saturated rings. The SMILES string of the molecule is CC[C@H](NC(=O)c1c(CC2CCN(c3cccnc3)CC2)c(-c2ccccc2)nc2c(F)cccc12)c1ccccc1. The van der Waals surface area contributed by atoms with Crippen molar-refractivity contribution < 1.29 is 9.18 Å². The van der Waals surface area contributed by atoms with Gasteiger partial charge in [0.15, 0.2) is 0 Å². The van der Waals surface area contributed by atoms with Crippen LogP contribution in [0.1, 0.15) is 53.7 Å². The highest BCUT2D eigenvalue weighted by Gasteiger charge is 2.28. The molecule has 42 heavy (non-hydrogen) atoms. The Hall–Kier alpha value is -4.58. The van der Waals surface area contributed by atoms with E-state index in [4.69, 9.17) is 4.98 Å². The van der Waals surface area contributed by atoms with E-state index in [-0.39, 0.29) is 17.5 Å². The van der Waals surface area contributed by atoms with Gasteiger partial charge in [0.05, 0.1) is 29.2 Å². The van der Waals surface area contributed by atoms with Crippen LogP contribution in [0.4, 0.5) is 10.1 Å². The Morgan fingerprint density at radius 3 is 2.38 bits per heavy atom. The Balaban J connectivity index is 1.42. The first-order valence-electron chi connectivity index (χ1n) is 14.8.